The van der Waals surface area contributed by atoms with Gasteiger partial charge in [-0.3, -0.25) is 0 Å². The van der Waals surface area contributed by atoms with Crippen LogP contribution >= 0.6 is 0 Å². The fourth-order valence-electron chi connectivity index (χ4n) is 9.06. The van der Waals surface area contributed by atoms with Gasteiger partial charge in [0.25, 0.3) is 0 Å². The number of ether oxygens (including phenoxy) is 2. The van der Waals surface area contributed by atoms with Crippen molar-refractivity contribution >= 4 is 0 Å². The second kappa shape index (κ2) is 7.13. The van der Waals surface area contributed by atoms with Gasteiger partial charge in [-0.05, 0) is 111 Å². The Morgan fingerprint density at radius 3 is 2.79 bits per heavy atom. The number of allylic oxidation sites excluding steroid dienone is 2. The summed E-state index contributed by atoms with van der Waals surface area (Å²) >= 11 is 0. The van der Waals surface area contributed by atoms with Crippen LogP contribution in [0.2, 0.25) is 0 Å². The average Bonchev–Trinajstić information content (AvgIpc) is 3.12. The summed E-state index contributed by atoms with van der Waals surface area (Å²) in [7, 11) is 1.73. The van der Waals surface area contributed by atoms with Crippen molar-refractivity contribution in [3.63, 3.8) is 0 Å². The van der Waals surface area contributed by atoms with Gasteiger partial charge >= 0.3 is 0 Å². The molecule has 0 heterocycles. The molecular formula is C25H37NO2. The smallest absolute Gasteiger partial charge is 0.146 e. The van der Waals surface area contributed by atoms with E-state index in [1.807, 2.05) is 0 Å². The first-order valence-corrected chi connectivity index (χ1v) is 11.8. The molecule has 5 aliphatic carbocycles. The van der Waals surface area contributed by atoms with Gasteiger partial charge < -0.3 is 9.47 Å². The van der Waals surface area contributed by atoms with Crippen molar-refractivity contribution in [2.45, 2.75) is 83.7 Å². The van der Waals surface area contributed by atoms with Gasteiger partial charge in [0.05, 0.1) is 12.2 Å². The van der Waals surface area contributed by atoms with Gasteiger partial charge in [-0.2, -0.15) is 5.26 Å². The summed E-state index contributed by atoms with van der Waals surface area (Å²) in [4.78, 5) is 0. The SMILES string of the molecule is COCO[C@@H]1CC[C@@]2(C)[C@@H](CC[C@H]3[C@@H]4CC[C@@H]5C(C#N)=CCCC54CC[C@@H]32)C1. The molecule has 0 aromatic heterocycles. The van der Waals surface area contributed by atoms with E-state index < -0.39 is 0 Å². The highest BCUT2D eigenvalue weighted by atomic mass is 16.7. The summed E-state index contributed by atoms with van der Waals surface area (Å²) < 4.78 is 11.1. The third-order valence-corrected chi connectivity index (χ3v) is 10.2. The van der Waals surface area contributed by atoms with Gasteiger partial charge in [0.15, 0.2) is 0 Å². The van der Waals surface area contributed by atoms with Crippen molar-refractivity contribution in [1.82, 2.24) is 0 Å². The minimum atomic E-state index is 0.405. The predicted molar refractivity (Wildman–Crippen MR) is 109 cm³/mol. The van der Waals surface area contributed by atoms with E-state index in [1.165, 1.54) is 64.2 Å². The van der Waals surface area contributed by atoms with Crippen LogP contribution in [0.3, 0.4) is 0 Å². The van der Waals surface area contributed by atoms with Crippen molar-refractivity contribution in [3.8, 4) is 6.07 Å². The Bertz CT molecular complexity index is 681. The first-order chi connectivity index (χ1) is 13.6. The standard InChI is InChI=1S/C25H37NO2/c1-24-12-9-19(28-16-27-2)14-18(24)5-6-20-22(24)10-13-25-11-3-4-17(15-26)21(25)7-8-23(20)25/h4,18-23H,3,5-14,16H2,1-2H3/t18-,19+,20+,21+,22-,23-,24-,25?/m0/s1. The first-order valence-electron chi connectivity index (χ1n) is 11.8. The van der Waals surface area contributed by atoms with Crippen molar-refractivity contribution < 1.29 is 9.47 Å². The lowest BCUT2D eigenvalue weighted by atomic mass is 9.43. The van der Waals surface area contributed by atoms with Crippen LogP contribution < -0.4 is 0 Å². The highest BCUT2D eigenvalue weighted by molar-refractivity contribution is 5.32. The molecule has 5 rings (SSSR count). The van der Waals surface area contributed by atoms with Crippen molar-refractivity contribution in [3.05, 3.63) is 11.6 Å². The Morgan fingerprint density at radius 2 is 1.96 bits per heavy atom. The normalized spacial score (nSPS) is 49.8. The van der Waals surface area contributed by atoms with Gasteiger partial charge in [-0.15, -0.1) is 0 Å². The Balaban J connectivity index is 1.36. The van der Waals surface area contributed by atoms with E-state index in [4.69, 9.17) is 9.47 Å². The number of rotatable bonds is 3. The fourth-order valence-corrected chi connectivity index (χ4v) is 9.06. The maximum Gasteiger partial charge on any atom is 0.146 e. The molecule has 1 spiro atoms. The summed E-state index contributed by atoms with van der Waals surface area (Å²) in [5.74, 6) is 4.11. The van der Waals surface area contributed by atoms with Crippen LogP contribution in [-0.2, 0) is 9.47 Å². The topological polar surface area (TPSA) is 42.2 Å². The zero-order valence-electron chi connectivity index (χ0n) is 17.8. The molecule has 0 saturated heterocycles. The monoisotopic (exact) mass is 383 g/mol. The summed E-state index contributed by atoms with van der Waals surface area (Å²) in [6.07, 6.45) is 17.2. The number of hydrogen-bond acceptors (Lipinski definition) is 3. The summed E-state index contributed by atoms with van der Waals surface area (Å²) in [5.41, 5.74) is 2.13. The maximum absolute atomic E-state index is 9.70. The van der Waals surface area contributed by atoms with Crippen molar-refractivity contribution in [2.75, 3.05) is 13.9 Å². The number of hydrogen-bond donors (Lipinski definition) is 0. The molecule has 4 saturated carbocycles. The molecule has 8 atom stereocenters. The van der Waals surface area contributed by atoms with E-state index >= 15 is 0 Å². The molecule has 0 aliphatic heterocycles. The Kier molecular flexibility index (Phi) is 4.88. The van der Waals surface area contributed by atoms with Gasteiger partial charge in [0, 0.05) is 12.7 Å². The van der Waals surface area contributed by atoms with Crippen LogP contribution in [0.4, 0.5) is 0 Å². The van der Waals surface area contributed by atoms with Crippen LogP contribution in [-0.4, -0.2) is 20.0 Å². The lowest BCUT2D eigenvalue weighted by Crippen LogP contribution is -2.55. The van der Waals surface area contributed by atoms with E-state index in [2.05, 4.69) is 19.1 Å². The first kappa shape index (κ1) is 19.1. The fraction of sp³-hybridized carbons (Fsp3) is 0.880. The molecule has 3 nitrogen and oxygen atoms in total. The number of nitriles is 1. The lowest BCUT2D eigenvalue weighted by Gasteiger charge is -2.62. The van der Waals surface area contributed by atoms with Gasteiger partial charge in [0.2, 0.25) is 0 Å². The Morgan fingerprint density at radius 1 is 1.07 bits per heavy atom. The number of methoxy groups -OCH3 is 1. The molecule has 0 radical (unpaired) electrons. The van der Waals surface area contributed by atoms with Crippen LogP contribution in [0.15, 0.2) is 11.6 Å². The van der Waals surface area contributed by atoms with E-state index in [1.54, 1.807) is 7.11 Å². The third kappa shape index (κ3) is 2.67. The van der Waals surface area contributed by atoms with E-state index in [-0.39, 0.29) is 0 Å². The minimum Gasteiger partial charge on any atom is -0.359 e. The molecule has 0 aromatic rings. The van der Waals surface area contributed by atoms with E-state index in [0.29, 0.717) is 29.6 Å². The molecule has 0 amide bonds. The largest absolute Gasteiger partial charge is 0.359 e. The second-order valence-electron chi connectivity index (χ2n) is 10.8. The number of nitrogens with zero attached hydrogens (tertiary/aromatic N) is 1. The maximum atomic E-state index is 9.70. The Labute approximate surface area is 170 Å². The van der Waals surface area contributed by atoms with Gasteiger partial charge in [0.1, 0.15) is 6.79 Å². The van der Waals surface area contributed by atoms with E-state index in [0.717, 1.165) is 35.7 Å². The van der Waals surface area contributed by atoms with Crippen LogP contribution in [0, 0.1) is 51.8 Å². The summed E-state index contributed by atoms with van der Waals surface area (Å²) in [6, 6.07) is 2.59. The molecule has 0 aromatic carbocycles. The zero-order chi connectivity index (χ0) is 19.4. The summed E-state index contributed by atoms with van der Waals surface area (Å²) in [6.45, 7) is 3.08. The molecule has 3 heteroatoms. The lowest BCUT2D eigenvalue weighted by molar-refractivity contribution is -0.154. The molecule has 0 bridgehead atoms. The molecule has 28 heavy (non-hydrogen) atoms. The highest BCUT2D eigenvalue weighted by Gasteiger charge is 2.62. The molecule has 154 valence electrons. The highest BCUT2D eigenvalue weighted by Crippen LogP contribution is 2.70. The Hall–Kier alpha value is -0.850. The molecule has 4 fully saturated rings. The quantitative estimate of drug-likeness (QED) is 0.573. The van der Waals surface area contributed by atoms with E-state index in [9.17, 15) is 5.26 Å². The zero-order valence-corrected chi connectivity index (χ0v) is 17.8. The van der Waals surface area contributed by atoms with Gasteiger partial charge in [-0.1, -0.05) is 13.0 Å². The summed E-state index contributed by atoms with van der Waals surface area (Å²) in [5, 5.41) is 9.70. The number of fused-ring (bicyclic) bond motifs is 4. The molecule has 5 aliphatic rings. The molecule has 1 unspecified atom stereocenters. The van der Waals surface area contributed by atoms with Crippen LogP contribution in [0.5, 0.6) is 0 Å². The van der Waals surface area contributed by atoms with Crippen LogP contribution in [0.1, 0.15) is 77.6 Å². The van der Waals surface area contributed by atoms with Gasteiger partial charge in [-0.25, -0.2) is 0 Å². The second-order valence-corrected chi connectivity index (χ2v) is 10.8. The average molecular weight is 384 g/mol. The minimum absolute atomic E-state index is 0.405. The van der Waals surface area contributed by atoms with Crippen molar-refractivity contribution in [2.24, 2.45) is 40.4 Å². The molecular weight excluding hydrogens is 346 g/mol. The van der Waals surface area contributed by atoms with Crippen LogP contribution in [0.25, 0.3) is 0 Å². The molecule has 0 N–H and O–H groups in total. The van der Waals surface area contributed by atoms with Crippen molar-refractivity contribution in [1.29, 1.82) is 5.26 Å². The predicted octanol–water partition coefficient (Wildman–Crippen LogP) is 5.86. The third-order valence-electron chi connectivity index (χ3n) is 10.2.